The summed E-state index contributed by atoms with van der Waals surface area (Å²) in [6, 6.07) is 44.8. The van der Waals surface area contributed by atoms with Crippen LogP contribution in [0, 0.1) is 0 Å². The number of hydrogen-bond donors (Lipinski definition) is 0. The third-order valence-electron chi connectivity index (χ3n) is 11.7. The molecule has 0 aliphatic heterocycles. The van der Waals surface area contributed by atoms with Gasteiger partial charge in [0.05, 0.1) is 22.1 Å². The highest BCUT2D eigenvalue weighted by Gasteiger charge is 2.31. The van der Waals surface area contributed by atoms with Gasteiger partial charge < -0.3 is 9.13 Å². The van der Waals surface area contributed by atoms with Crippen molar-refractivity contribution in [3.8, 4) is 44.8 Å². The third kappa shape index (κ3) is 4.53. The molecule has 0 amide bonds. The maximum atomic E-state index is 4.31. The second-order valence-corrected chi connectivity index (χ2v) is 14.6. The maximum Gasteiger partial charge on any atom is 0.115 e. The molecule has 10 aromatic rings. The van der Waals surface area contributed by atoms with Gasteiger partial charge in [0.2, 0.25) is 0 Å². The Bertz CT molecular complexity index is 2850. The lowest BCUT2D eigenvalue weighted by Gasteiger charge is -2.32. The fraction of sp³-hybridized carbons (Fsp3) is 0.0833. The molecule has 11 rings (SSSR count). The van der Waals surface area contributed by atoms with Crippen LogP contribution in [0.5, 0.6) is 0 Å². The van der Waals surface area contributed by atoms with Crippen molar-refractivity contribution in [2.75, 3.05) is 0 Å². The zero-order chi connectivity index (χ0) is 35.9. The number of hydrogen-bond acceptors (Lipinski definition) is 4. The van der Waals surface area contributed by atoms with Gasteiger partial charge in [0.15, 0.2) is 0 Å². The van der Waals surface area contributed by atoms with Gasteiger partial charge in [-0.25, -0.2) is 19.9 Å². The molecule has 1 aliphatic rings. The molecule has 4 heterocycles. The number of nitrogens with zero attached hydrogens (tertiary/aromatic N) is 6. The Hall–Kier alpha value is -6.92. The number of aromatic nitrogens is 6. The summed E-state index contributed by atoms with van der Waals surface area (Å²) in [4.78, 5) is 17.2. The van der Waals surface area contributed by atoms with E-state index in [1.54, 1.807) is 12.7 Å². The van der Waals surface area contributed by atoms with Gasteiger partial charge in [0.1, 0.15) is 12.7 Å². The Balaban J connectivity index is 1.21. The molecule has 2 atom stereocenters. The monoisotopic (exact) mass is 694 g/mol. The fourth-order valence-corrected chi connectivity index (χ4v) is 8.89. The normalized spacial score (nSPS) is 15.2. The predicted molar refractivity (Wildman–Crippen MR) is 219 cm³/mol. The summed E-state index contributed by atoms with van der Waals surface area (Å²) in [5, 5.41) is 4.96. The molecule has 6 heteroatoms. The zero-order valence-corrected chi connectivity index (χ0v) is 29.8. The molecule has 0 saturated heterocycles. The Morgan fingerprint density at radius 3 is 1.19 bits per heavy atom. The van der Waals surface area contributed by atoms with Crippen molar-refractivity contribution in [3.63, 3.8) is 0 Å². The summed E-state index contributed by atoms with van der Waals surface area (Å²) >= 11 is 0. The minimum absolute atomic E-state index is 0.315. The highest BCUT2D eigenvalue weighted by molar-refractivity contribution is 6.14. The van der Waals surface area contributed by atoms with E-state index in [1.807, 2.05) is 24.8 Å². The van der Waals surface area contributed by atoms with Crippen LogP contribution in [0.3, 0.4) is 0 Å². The van der Waals surface area contributed by atoms with Crippen molar-refractivity contribution < 1.29 is 0 Å². The zero-order valence-electron chi connectivity index (χ0n) is 29.8. The number of benzene rings is 6. The maximum absolute atomic E-state index is 4.31. The smallest absolute Gasteiger partial charge is 0.115 e. The average Bonchev–Trinajstić information content (AvgIpc) is 3.74. The van der Waals surface area contributed by atoms with Crippen LogP contribution in [0.15, 0.2) is 159 Å². The van der Waals surface area contributed by atoms with Crippen molar-refractivity contribution >= 4 is 43.6 Å². The van der Waals surface area contributed by atoms with Gasteiger partial charge in [-0.2, -0.15) is 0 Å². The summed E-state index contributed by atoms with van der Waals surface area (Å²) in [6.07, 6.45) is 10.7. The van der Waals surface area contributed by atoms with Crippen molar-refractivity contribution in [1.29, 1.82) is 0 Å². The Morgan fingerprint density at radius 1 is 0.389 bits per heavy atom. The van der Waals surface area contributed by atoms with Gasteiger partial charge in [-0.3, -0.25) is 0 Å². The predicted octanol–water partition coefficient (Wildman–Crippen LogP) is 11.7. The first-order valence-corrected chi connectivity index (χ1v) is 18.5. The van der Waals surface area contributed by atoms with E-state index in [0.717, 1.165) is 33.6 Å². The van der Waals surface area contributed by atoms with Gasteiger partial charge in [0.25, 0.3) is 0 Å². The molecule has 4 aromatic heterocycles. The van der Waals surface area contributed by atoms with Gasteiger partial charge in [-0.1, -0.05) is 62.4 Å². The Kier molecular flexibility index (Phi) is 6.71. The molecule has 0 radical (unpaired) electrons. The molecule has 6 aromatic carbocycles. The molecule has 0 fully saturated rings. The second kappa shape index (κ2) is 11.8. The standard InChI is InChI=1S/C48H34N6/c1-29-30(2)38-20-44-42-18-32(34-25-51-28-52-26-34)14-16-46(42)54(36-11-7-4-8-12-36)48(44)22-40(38)39-21-47-43(19-37(29)39)41-17-31(33-23-49-27-50-24-33)13-15-45(41)53(47)35-9-5-3-6-10-35/h3-30H,1-2H3. The van der Waals surface area contributed by atoms with E-state index in [1.165, 1.54) is 65.9 Å². The largest absolute Gasteiger partial charge is 0.309 e. The van der Waals surface area contributed by atoms with E-state index in [0.29, 0.717) is 11.8 Å². The molecule has 0 spiro atoms. The lowest BCUT2D eigenvalue weighted by atomic mass is 9.72. The van der Waals surface area contributed by atoms with Gasteiger partial charge in [-0.15, -0.1) is 0 Å². The molecule has 256 valence electrons. The molecule has 0 N–H and O–H groups in total. The molecule has 54 heavy (non-hydrogen) atoms. The van der Waals surface area contributed by atoms with Crippen LogP contribution in [-0.2, 0) is 0 Å². The average molecular weight is 695 g/mol. The van der Waals surface area contributed by atoms with E-state index in [2.05, 4.69) is 164 Å². The SMILES string of the molecule is CC1c2cc3c4cc(-c5cncnc5)ccc4n(-c4ccccc4)c3cc2-c2cc3c(cc2C1C)c1cc(-c2cncnc2)ccc1n3-c1ccccc1. The quantitative estimate of drug-likeness (QED) is 0.184. The first kappa shape index (κ1) is 30.7. The molecule has 0 saturated carbocycles. The van der Waals surface area contributed by atoms with E-state index >= 15 is 0 Å². The minimum atomic E-state index is 0.315. The summed E-state index contributed by atoms with van der Waals surface area (Å²) < 4.78 is 4.85. The van der Waals surface area contributed by atoms with Crippen LogP contribution in [-0.4, -0.2) is 29.1 Å². The van der Waals surface area contributed by atoms with Gasteiger partial charge >= 0.3 is 0 Å². The van der Waals surface area contributed by atoms with Crippen LogP contribution in [0.1, 0.15) is 36.8 Å². The highest BCUT2D eigenvalue weighted by atomic mass is 15.0. The summed E-state index contributed by atoms with van der Waals surface area (Å²) in [5.74, 6) is 0.629. The summed E-state index contributed by atoms with van der Waals surface area (Å²) in [6.45, 7) is 4.79. The van der Waals surface area contributed by atoms with Gasteiger partial charge in [0, 0.05) is 68.8 Å². The molecule has 6 nitrogen and oxygen atoms in total. The molecule has 0 bridgehead atoms. The van der Waals surface area contributed by atoms with Crippen molar-refractivity contribution in [2.45, 2.75) is 25.7 Å². The van der Waals surface area contributed by atoms with Crippen LogP contribution < -0.4 is 0 Å². The lowest BCUT2D eigenvalue weighted by molar-refractivity contribution is 0.617. The Morgan fingerprint density at radius 2 is 0.778 bits per heavy atom. The minimum Gasteiger partial charge on any atom is -0.309 e. The Labute approximate surface area is 312 Å². The van der Waals surface area contributed by atoms with Crippen LogP contribution in [0.2, 0.25) is 0 Å². The van der Waals surface area contributed by atoms with Crippen LogP contribution >= 0.6 is 0 Å². The molecular formula is C48H34N6. The fourth-order valence-electron chi connectivity index (χ4n) is 8.89. The van der Waals surface area contributed by atoms with Crippen molar-refractivity contribution in [3.05, 3.63) is 170 Å². The highest BCUT2D eigenvalue weighted by Crippen LogP contribution is 2.51. The molecule has 1 aliphatic carbocycles. The van der Waals surface area contributed by atoms with Gasteiger partial charge in [-0.05, 0) is 118 Å². The van der Waals surface area contributed by atoms with E-state index < -0.39 is 0 Å². The first-order valence-electron chi connectivity index (χ1n) is 18.5. The third-order valence-corrected chi connectivity index (χ3v) is 11.7. The van der Waals surface area contributed by atoms with E-state index in [9.17, 15) is 0 Å². The van der Waals surface area contributed by atoms with Crippen molar-refractivity contribution in [2.24, 2.45) is 0 Å². The topological polar surface area (TPSA) is 61.4 Å². The number of fused-ring (bicyclic) bond motifs is 9. The summed E-state index contributed by atoms with van der Waals surface area (Å²) in [7, 11) is 0. The van der Waals surface area contributed by atoms with Crippen molar-refractivity contribution in [1.82, 2.24) is 29.1 Å². The van der Waals surface area contributed by atoms with E-state index in [-0.39, 0.29) is 0 Å². The molecular weight excluding hydrogens is 661 g/mol. The van der Waals surface area contributed by atoms with Crippen LogP contribution in [0.25, 0.3) is 88.4 Å². The number of rotatable bonds is 4. The first-order chi connectivity index (χ1) is 26.6. The summed E-state index contributed by atoms with van der Waals surface area (Å²) in [5.41, 5.74) is 16.7. The van der Waals surface area contributed by atoms with E-state index in [4.69, 9.17) is 0 Å². The second-order valence-electron chi connectivity index (χ2n) is 14.6. The number of para-hydroxylation sites is 2. The lowest BCUT2D eigenvalue weighted by Crippen LogP contribution is -2.13. The van der Waals surface area contributed by atoms with Crippen LogP contribution in [0.4, 0.5) is 0 Å². The molecule has 2 unspecified atom stereocenters.